The average Bonchev–Trinajstić information content (AvgIpc) is 3.07. The van der Waals surface area contributed by atoms with E-state index in [9.17, 15) is 9.59 Å². The molecule has 0 fully saturated rings. The highest BCUT2D eigenvalue weighted by Gasteiger charge is 2.42. The van der Waals surface area contributed by atoms with Crippen molar-refractivity contribution >= 4 is 44.6 Å². The first kappa shape index (κ1) is 20.1. The van der Waals surface area contributed by atoms with Gasteiger partial charge in [0.15, 0.2) is 5.43 Å². The van der Waals surface area contributed by atoms with E-state index >= 15 is 0 Å². The number of halogens is 1. The molecule has 31 heavy (non-hydrogen) atoms. The van der Waals surface area contributed by atoms with Gasteiger partial charge in [-0.05, 0) is 47.7 Å². The summed E-state index contributed by atoms with van der Waals surface area (Å²) in [5.74, 6) is -0.130. The van der Waals surface area contributed by atoms with Crippen LogP contribution in [0.1, 0.15) is 33.3 Å². The Morgan fingerprint density at radius 1 is 1.00 bits per heavy atom. The van der Waals surface area contributed by atoms with E-state index < -0.39 is 6.04 Å². The molecule has 0 saturated heterocycles. The monoisotopic (exact) mass is 491 g/mol. The Bertz CT molecular complexity index is 1350. The van der Waals surface area contributed by atoms with Crippen molar-refractivity contribution in [1.29, 1.82) is 0 Å². The molecule has 154 valence electrons. The number of rotatable bonds is 4. The molecule has 4 nitrogen and oxygen atoms in total. The van der Waals surface area contributed by atoms with Gasteiger partial charge in [0.1, 0.15) is 5.58 Å². The van der Waals surface area contributed by atoms with Crippen molar-refractivity contribution in [2.45, 2.75) is 17.5 Å². The van der Waals surface area contributed by atoms with Gasteiger partial charge < -0.3 is 9.32 Å². The lowest BCUT2D eigenvalue weighted by atomic mass is 9.98. The van der Waals surface area contributed by atoms with Gasteiger partial charge in [-0.1, -0.05) is 58.4 Å². The Kier molecular flexibility index (Phi) is 5.20. The van der Waals surface area contributed by atoms with Gasteiger partial charge in [-0.3, -0.25) is 9.59 Å². The molecule has 0 bridgehead atoms. The molecule has 1 amide bonds. The summed E-state index contributed by atoms with van der Waals surface area (Å²) in [5.41, 5.74) is 2.54. The molecule has 1 atom stereocenters. The summed E-state index contributed by atoms with van der Waals surface area (Å²) in [6, 6.07) is 22.6. The Morgan fingerprint density at radius 3 is 2.45 bits per heavy atom. The molecule has 0 radical (unpaired) electrons. The normalized spacial score (nSPS) is 15.5. The third-order valence-corrected chi connectivity index (χ3v) is 6.79. The molecular formula is C25H18BrNO3S. The van der Waals surface area contributed by atoms with Crippen LogP contribution >= 0.6 is 27.7 Å². The molecule has 4 aromatic rings. The molecule has 0 aliphatic carbocycles. The van der Waals surface area contributed by atoms with Crippen LogP contribution in [-0.2, 0) is 6.54 Å². The second-order valence-corrected chi connectivity index (χ2v) is 9.20. The molecule has 1 aliphatic heterocycles. The fraction of sp³-hybridized carbons (Fsp3) is 0.120. The number of carbonyl (C=O) groups excluding carboxylic acids is 1. The first-order chi connectivity index (χ1) is 15.1. The zero-order chi connectivity index (χ0) is 21.5. The minimum atomic E-state index is -0.502. The second-order valence-electron chi connectivity index (χ2n) is 7.41. The van der Waals surface area contributed by atoms with Crippen LogP contribution in [0.3, 0.4) is 0 Å². The van der Waals surface area contributed by atoms with Crippen molar-refractivity contribution in [3.05, 3.63) is 110 Å². The number of nitrogens with zero attached hydrogens (tertiary/aromatic N) is 1. The number of fused-ring (bicyclic) bond motifs is 2. The van der Waals surface area contributed by atoms with E-state index in [-0.39, 0.29) is 17.1 Å². The number of benzene rings is 3. The lowest BCUT2D eigenvalue weighted by molar-refractivity contribution is 0.0714. The molecular weight excluding hydrogens is 474 g/mol. The maximum absolute atomic E-state index is 13.6. The number of carbonyl (C=O) groups is 1. The first-order valence-corrected chi connectivity index (χ1v) is 11.8. The Labute approximate surface area is 192 Å². The lowest BCUT2D eigenvalue weighted by Crippen LogP contribution is -2.29. The van der Waals surface area contributed by atoms with E-state index in [1.54, 1.807) is 34.9 Å². The Morgan fingerprint density at radius 2 is 1.74 bits per heavy atom. The molecule has 1 unspecified atom stereocenters. The number of amides is 1. The molecule has 1 aliphatic rings. The first-order valence-electron chi connectivity index (χ1n) is 9.82. The van der Waals surface area contributed by atoms with Crippen LogP contribution in [0.25, 0.3) is 11.0 Å². The summed E-state index contributed by atoms with van der Waals surface area (Å²) in [6.45, 7) is 0.387. The smallest absolute Gasteiger partial charge is 0.291 e. The predicted molar refractivity (Wildman–Crippen MR) is 127 cm³/mol. The summed E-state index contributed by atoms with van der Waals surface area (Å²) in [7, 11) is 0. The van der Waals surface area contributed by atoms with Crippen LogP contribution in [-0.4, -0.2) is 17.1 Å². The van der Waals surface area contributed by atoms with Crippen molar-refractivity contribution in [3.8, 4) is 0 Å². The van der Waals surface area contributed by atoms with Crippen molar-refractivity contribution < 1.29 is 9.21 Å². The van der Waals surface area contributed by atoms with E-state index in [1.165, 1.54) is 0 Å². The summed E-state index contributed by atoms with van der Waals surface area (Å²) in [4.78, 5) is 29.9. The van der Waals surface area contributed by atoms with Crippen LogP contribution < -0.4 is 5.43 Å². The number of hydrogen-bond acceptors (Lipinski definition) is 4. The van der Waals surface area contributed by atoms with Gasteiger partial charge in [0.05, 0.1) is 17.0 Å². The van der Waals surface area contributed by atoms with E-state index in [0.717, 1.165) is 20.5 Å². The van der Waals surface area contributed by atoms with Crippen LogP contribution in [0, 0.1) is 0 Å². The van der Waals surface area contributed by atoms with Crippen LogP contribution in [0.5, 0.6) is 0 Å². The quantitative estimate of drug-likeness (QED) is 0.327. The second kappa shape index (κ2) is 8.02. The fourth-order valence-electron chi connectivity index (χ4n) is 4.07. The Hall–Kier alpha value is -2.83. The summed E-state index contributed by atoms with van der Waals surface area (Å²) >= 11 is 5.08. The highest BCUT2D eigenvalue weighted by atomic mass is 79.9. The largest absolute Gasteiger partial charge is 0.450 e. The van der Waals surface area contributed by atoms with Gasteiger partial charge in [-0.25, -0.2) is 0 Å². The third kappa shape index (κ3) is 3.50. The maximum Gasteiger partial charge on any atom is 0.291 e. The summed E-state index contributed by atoms with van der Waals surface area (Å²) < 4.78 is 6.79. The van der Waals surface area contributed by atoms with Crippen LogP contribution in [0.2, 0.25) is 0 Å². The number of hydrogen-bond donors (Lipinski definition) is 0. The maximum atomic E-state index is 13.6. The van der Waals surface area contributed by atoms with E-state index in [4.69, 9.17) is 4.42 Å². The highest BCUT2D eigenvalue weighted by Crippen LogP contribution is 2.39. The zero-order valence-electron chi connectivity index (χ0n) is 16.7. The van der Waals surface area contributed by atoms with Gasteiger partial charge in [-0.2, -0.15) is 0 Å². The minimum Gasteiger partial charge on any atom is -0.450 e. The zero-order valence-corrected chi connectivity index (χ0v) is 19.1. The van der Waals surface area contributed by atoms with E-state index in [0.29, 0.717) is 23.1 Å². The average molecular weight is 492 g/mol. The lowest BCUT2D eigenvalue weighted by Gasteiger charge is -2.25. The molecule has 6 heteroatoms. The molecule has 0 spiro atoms. The van der Waals surface area contributed by atoms with Gasteiger partial charge in [0.2, 0.25) is 5.76 Å². The molecule has 1 aromatic heterocycles. The highest BCUT2D eigenvalue weighted by molar-refractivity contribution is 9.10. The molecule has 0 saturated carbocycles. The Balaban J connectivity index is 1.72. The number of thioether (sulfide) groups is 1. The van der Waals surface area contributed by atoms with E-state index in [1.807, 2.05) is 60.9 Å². The molecule has 3 aromatic carbocycles. The van der Waals surface area contributed by atoms with Crippen LogP contribution in [0.15, 0.2) is 91.4 Å². The molecule has 5 rings (SSSR count). The molecule has 2 heterocycles. The van der Waals surface area contributed by atoms with E-state index in [2.05, 4.69) is 15.9 Å². The van der Waals surface area contributed by atoms with Gasteiger partial charge in [0.25, 0.3) is 5.91 Å². The standard InChI is InChI=1S/C25H18BrNO3S/c1-31-18-10-7-16(8-11-18)22-21-23(28)19-13-17(26)9-12-20(19)30-24(21)25(29)27(22)14-15-5-3-2-4-6-15/h2-13,22H,14H2,1H3. The predicted octanol–water partition coefficient (Wildman–Crippen LogP) is 6.02. The van der Waals surface area contributed by atoms with Crippen molar-refractivity contribution in [2.75, 3.05) is 6.26 Å². The topological polar surface area (TPSA) is 50.5 Å². The fourth-order valence-corrected chi connectivity index (χ4v) is 4.84. The summed E-state index contributed by atoms with van der Waals surface area (Å²) in [5, 5.41) is 0.466. The third-order valence-electron chi connectivity index (χ3n) is 5.56. The van der Waals surface area contributed by atoms with Gasteiger partial charge in [-0.15, -0.1) is 11.8 Å². The summed E-state index contributed by atoms with van der Waals surface area (Å²) in [6.07, 6.45) is 2.02. The minimum absolute atomic E-state index is 0.134. The van der Waals surface area contributed by atoms with Gasteiger partial charge >= 0.3 is 0 Å². The van der Waals surface area contributed by atoms with Crippen LogP contribution in [0.4, 0.5) is 0 Å². The van der Waals surface area contributed by atoms with Crippen molar-refractivity contribution in [3.63, 3.8) is 0 Å². The SMILES string of the molecule is CSc1ccc(C2c3c(oc4ccc(Br)cc4c3=O)C(=O)N2Cc2ccccc2)cc1. The van der Waals surface area contributed by atoms with Crippen molar-refractivity contribution in [2.24, 2.45) is 0 Å². The van der Waals surface area contributed by atoms with Crippen molar-refractivity contribution in [1.82, 2.24) is 4.90 Å². The van der Waals surface area contributed by atoms with Gasteiger partial charge in [0, 0.05) is 15.9 Å². The molecule has 0 N–H and O–H groups in total.